The molecule has 1 aromatic carbocycles. The van der Waals surface area contributed by atoms with Gasteiger partial charge in [0, 0.05) is 48.0 Å². The van der Waals surface area contributed by atoms with Crippen molar-refractivity contribution in [1.29, 1.82) is 0 Å². The summed E-state index contributed by atoms with van der Waals surface area (Å²) >= 11 is 5.87. The molecule has 0 unspecified atom stereocenters. The van der Waals surface area contributed by atoms with Gasteiger partial charge in [0.25, 0.3) is 5.91 Å². The van der Waals surface area contributed by atoms with E-state index in [2.05, 4.69) is 15.1 Å². The highest BCUT2D eigenvalue weighted by Crippen LogP contribution is 2.23. The van der Waals surface area contributed by atoms with Gasteiger partial charge in [-0.1, -0.05) is 11.6 Å². The van der Waals surface area contributed by atoms with Crippen molar-refractivity contribution in [3.63, 3.8) is 0 Å². The third-order valence-electron chi connectivity index (χ3n) is 5.45. The quantitative estimate of drug-likeness (QED) is 0.820. The minimum atomic E-state index is 0.0121. The van der Waals surface area contributed by atoms with Gasteiger partial charge in [0.15, 0.2) is 11.5 Å². The average Bonchev–Trinajstić information content (AvgIpc) is 3.12. The lowest BCUT2D eigenvalue weighted by Crippen LogP contribution is -2.50. The van der Waals surface area contributed by atoms with Crippen LogP contribution in [0.25, 0.3) is 0 Å². The number of ketones is 1. The predicted octanol–water partition coefficient (Wildman–Crippen LogP) is 2.58. The van der Waals surface area contributed by atoms with E-state index in [0.29, 0.717) is 49.0 Å². The Balaban J connectivity index is 1.33. The number of fused-ring (bicyclic) bond motifs is 1. The first-order valence-corrected chi connectivity index (χ1v) is 9.86. The summed E-state index contributed by atoms with van der Waals surface area (Å²) in [4.78, 5) is 29.2. The van der Waals surface area contributed by atoms with Gasteiger partial charge in [-0.15, -0.1) is 0 Å². The van der Waals surface area contributed by atoms with E-state index in [0.717, 1.165) is 36.9 Å². The molecule has 0 bridgehead atoms. The Morgan fingerprint density at radius 2 is 1.74 bits per heavy atom. The fourth-order valence-corrected chi connectivity index (χ4v) is 3.97. The average molecular weight is 387 g/mol. The third-order valence-corrected chi connectivity index (χ3v) is 5.70. The first-order chi connectivity index (χ1) is 13.1. The summed E-state index contributed by atoms with van der Waals surface area (Å²) in [5, 5.41) is 7.96. The van der Waals surface area contributed by atoms with Crippen LogP contribution in [0, 0.1) is 0 Å². The molecule has 1 aromatic heterocycles. The fourth-order valence-electron chi connectivity index (χ4n) is 3.85. The number of rotatable bonds is 4. The van der Waals surface area contributed by atoms with Crippen molar-refractivity contribution in [2.75, 3.05) is 32.7 Å². The summed E-state index contributed by atoms with van der Waals surface area (Å²) in [6, 6.07) is 6.97. The minimum Gasteiger partial charge on any atom is -0.335 e. The second-order valence-corrected chi connectivity index (χ2v) is 7.67. The van der Waals surface area contributed by atoms with E-state index < -0.39 is 0 Å². The van der Waals surface area contributed by atoms with E-state index in [1.807, 2.05) is 4.90 Å². The minimum absolute atomic E-state index is 0.0121. The summed E-state index contributed by atoms with van der Waals surface area (Å²) < 4.78 is 0. The van der Waals surface area contributed by atoms with E-state index >= 15 is 0 Å². The first-order valence-electron chi connectivity index (χ1n) is 9.48. The number of hydrogen-bond acceptors (Lipinski definition) is 4. The van der Waals surface area contributed by atoms with Gasteiger partial charge in [-0.25, -0.2) is 0 Å². The fraction of sp³-hybridized carbons (Fsp3) is 0.450. The molecule has 0 radical (unpaired) electrons. The molecule has 0 saturated carbocycles. The van der Waals surface area contributed by atoms with Gasteiger partial charge >= 0.3 is 0 Å². The number of piperazine rings is 1. The first kappa shape index (κ1) is 18.2. The van der Waals surface area contributed by atoms with Crippen LogP contribution in [-0.4, -0.2) is 64.4 Å². The van der Waals surface area contributed by atoms with Crippen LogP contribution in [0.2, 0.25) is 5.02 Å². The largest absolute Gasteiger partial charge is 0.335 e. The van der Waals surface area contributed by atoms with E-state index in [1.165, 1.54) is 0 Å². The highest BCUT2D eigenvalue weighted by atomic mass is 35.5. The van der Waals surface area contributed by atoms with Gasteiger partial charge in [-0.2, -0.15) is 5.10 Å². The lowest BCUT2D eigenvalue weighted by Gasteiger charge is -2.34. The van der Waals surface area contributed by atoms with Gasteiger partial charge in [-0.05, 0) is 49.9 Å². The van der Waals surface area contributed by atoms with Crippen LogP contribution in [0.5, 0.6) is 0 Å². The van der Waals surface area contributed by atoms with E-state index in [4.69, 9.17) is 11.6 Å². The van der Waals surface area contributed by atoms with Crippen LogP contribution in [0.15, 0.2) is 24.3 Å². The Kier molecular flexibility index (Phi) is 5.27. The molecule has 142 valence electrons. The molecular weight excluding hydrogens is 364 g/mol. The van der Waals surface area contributed by atoms with Crippen molar-refractivity contribution in [2.24, 2.45) is 0 Å². The second kappa shape index (κ2) is 7.82. The van der Waals surface area contributed by atoms with Gasteiger partial charge in [0.2, 0.25) is 0 Å². The summed E-state index contributed by atoms with van der Waals surface area (Å²) in [6.07, 6.45) is 4.19. The number of nitrogens with zero attached hydrogens (tertiary/aromatic N) is 3. The van der Waals surface area contributed by atoms with Gasteiger partial charge in [-0.3, -0.25) is 19.6 Å². The molecule has 2 aromatic rings. The van der Waals surface area contributed by atoms with Gasteiger partial charge < -0.3 is 4.90 Å². The van der Waals surface area contributed by atoms with E-state index in [1.54, 1.807) is 24.3 Å². The van der Waals surface area contributed by atoms with Crippen LogP contribution in [-0.2, 0) is 12.8 Å². The number of amides is 1. The van der Waals surface area contributed by atoms with E-state index in [9.17, 15) is 9.59 Å². The zero-order valence-corrected chi connectivity index (χ0v) is 16.0. The predicted molar refractivity (Wildman–Crippen MR) is 103 cm³/mol. The van der Waals surface area contributed by atoms with Gasteiger partial charge in [0.1, 0.15) is 0 Å². The van der Waals surface area contributed by atoms with Crippen LogP contribution in [0.3, 0.4) is 0 Å². The standard InChI is InChI=1S/C20H23ClN4O2/c21-15-7-5-14(6-8-15)18(26)13-24-9-11-25(12-10-24)20(27)19-16-3-1-2-4-17(16)22-23-19/h5-8H,1-4,9-13H2,(H,22,23). The van der Waals surface area contributed by atoms with Crippen molar-refractivity contribution >= 4 is 23.3 Å². The Hall–Kier alpha value is -2.18. The zero-order chi connectivity index (χ0) is 18.8. The number of aromatic amines is 1. The molecule has 4 rings (SSSR count). The maximum absolute atomic E-state index is 12.9. The summed E-state index contributed by atoms with van der Waals surface area (Å²) in [5.41, 5.74) is 3.49. The summed E-state index contributed by atoms with van der Waals surface area (Å²) in [5.74, 6) is 0.0888. The Morgan fingerprint density at radius 1 is 1.04 bits per heavy atom. The van der Waals surface area contributed by atoms with Crippen molar-refractivity contribution in [3.05, 3.63) is 51.8 Å². The highest BCUT2D eigenvalue weighted by Gasteiger charge is 2.28. The van der Waals surface area contributed by atoms with Crippen molar-refractivity contribution in [1.82, 2.24) is 20.0 Å². The number of nitrogens with one attached hydrogen (secondary N) is 1. The molecule has 1 aliphatic heterocycles. The van der Waals surface area contributed by atoms with E-state index in [-0.39, 0.29) is 11.7 Å². The molecule has 27 heavy (non-hydrogen) atoms. The zero-order valence-electron chi connectivity index (χ0n) is 15.2. The molecule has 0 spiro atoms. The summed E-state index contributed by atoms with van der Waals surface area (Å²) in [7, 11) is 0. The van der Waals surface area contributed by atoms with Crippen LogP contribution in [0.1, 0.15) is 44.9 Å². The molecule has 1 N–H and O–H groups in total. The molecular formula is C20H23ClN4O2. The van der Waals surface area contributed by atoms with Gasteiger partial charge in [0.05, 0.1) is 6.54 Å². The normalized spacial score (nSPS) is 17.6. The van der Waals surface area contributed by atoms with Crippen LogP contribution >= 0.6 is 11.6 Å². The number of carbonyl (C=O) groups excluding carboxylic acids is 2. The number of H-pyrrole nitrogens is 1. The number of hydrogen-bond donors (Lipinski definition) is 1. The van der Waals surface area contributed by atoms with Crippen LogP contribution < -0.4 is 0 Å². The molecule has 1 aliphatic carbocycles. The molecule has 0 atom stereocenters. The molecule has 1 fully saturated rings. The topological polar surface area (TPSA) is 69.3 Å². The van der Waals surface area contributed by atoms with Crippen LogP contribution in [0.4, 0.5) is 0 Å². The van der Waals surface area contributed by atoms with Crippen molar-refractivity contribution < 1.29 is 9.59 Å². The Bertz CT molecular complexity index is 838. The molecule has 1 saturated heterocycles. The van der Waals surface area contributed by atoms with Crippen molar-refractivity contribution in [3.8, 4) is 0 Å². The maximum atomic E-state index is 12.9. The number of aromatic nitrogens is 2. The number of carbonyl (C=O) groups is 2. The Morgan fingerprint density at radius 3 is 2.48 bits per heavy atom. The number of halogens is 1. The molecule has 7 heteroatoms. The SMILES string of the molecule is O=C(CN1CCN(C(=O)c2n[nH]c3c2CCCC3)CC1)c1ccc(Cl)cc1. The Labute approximate surface area is 163 Å². The summed E-state index contributed by atoms with van der Waals surface area (Å²) in [6.45, 7) is 2.99. The lowest BCUT2D eigenvalue weighted by molar-refractivity contribution is 0.0618. The number of aryl methyl sites for hydroxylation is 1. The molecule has 2 heterocycles. The highest BCUT2D eigenvalue weighted by molar-refractivity contribution is 6.30. The molecule has 2 aliphatic rings. The lowest BCUT2D eigenvalue weighted by atomic mass is 9.95. The maximum Gasteiger partial charge on any atom is 0.274 e. The number of Topliss-reactive ketones (excluding diaryl/α,β-unsaturated/α-hetero) is 1. The molecule has 1 amide bonds. The smallest absolute Gasteiger partial charge is 0.274 e. The van der Waals surface area contributed by atoms with Crippen molar-refractivity contribution in [2.45, 2.75) is 25.7 Å². The monoisotopic (exact) mass is 386 g/mol. The second-order valence-electron chi connectivity index (χ2n) is 7.23. The molecule has 6 nitrogen and oxygen atoms in total. The third kappa shape index (κ3) is 3.92. The number of benzene rings is 1.